The van der Waals surface area contributed by atoms with E-state index in [1.165, 1.54) is 39.3 Å². The van der Waals surface area contributed by atoms with E-state index in [9.17, 15) is 17.6 Å². The quantitative estimate of drug-likeness (QED) is 0.650. The Morgan fingerprint density at radius 3 is 2.30 bits per heavy atom. The number of hydrogen-bond donors (Lipinski definition) is 1. The molecule has 1 N–H and O–H groups in total. The molecule has 0 aliphatic carbocycles. The van der Waals surface area contributed by atoms with Crippen molar-refractivity contribution in [2.75, 3.05) is 24.8 Å². The van der Waals surface area contributed by atoms with Gasteiger partial charge < -0.3 is 14.8 Å². The highest BCUT2D eigenvalue weighted by molar-refractivity contribution is 7.92. The van der Waals surface area contributed by atoms with E-state index in [2.05, 4.69) is 5.32 Å². The predicted octanol–water partition coefficient (Wildman–Crippen LogP) is 3.26. The van der Waals surface area contributed by atoms with Crippen LogP contribution in [0, 0.1) is 5.82 Å². The van der Waals surface area contributed by atoms with Crippen LogP contribution in [0.15, 0.2) is 42.5 Å². The predicted molar refractivity (Wildman–Crippen MR) is 114 cm³/mol. The molecular formula is C21H27FN2O5S. The SMILES string of the molecule is CC[C@@H](NC(=O)[C@H](C)N(c1ccccc1F)S(C)(=O)=O)c1ccc(OC)c(OC)c1. The Morgan fingerprint density at radius 2 is 1.77 bits per heavy atom. The van der Waals surface area contributed by atoms with E-state index in [4.69, 9.17) is 9.47 Å². The number of sulfonamides is 1. The zero-order valence-electron chi connectivity index (χ0n) is 17.7. The Bertz CT molecular complexity index is 997. The van der Waals surface area contributed by atoms with Gasteiger partial charge in [-0.15, -0.1) is 0 Å². The highest BCUT2D eigenvalue weighted by Gasteiger charge is 2.32. The first-order valence-electron chi connectivity index (χ1n) is 9.40. The summed E-state index contributed by atoms with van der Waals surface area (Å²) >= 11 is 0. The van der Waals surface area contributed by atoms with Gasteiger partial charge in [-0.3, -0.25) is 9.10 Å². The zero-order valence-corrected chi connectivity index (χ0v) is 18.5. The molecule has 2 aromatic rings. The van der Waals surface area contributed by atoms with Crippen molar-refractivity contribution >= 4 is 21.6 Å². The number of nitrogens with zero attached hydrogens (tertiary/aromatic N) is 1. The normalized spacial score (nSPS) is 13.3. The second-order valence-corrected chi connectivity index (χ2v) is 8.63. The number of hydrogen-bond acceptors (Lipinski definition) is 5. The molecule has 0 aliphatic rings. The molecule has 0 aliphatic heterocycles. The monoisotopic (exact) mass is 438 g/mol. The molecule has 2 aromatic carbocycles. The molecule has 0 radical (unpaired) electrons. The van der Waals surface area contributed by atoms with Crippen molar-refractivity contribution in [2.45, 2.75) is 32.4 Å². The Morgan fingerprint density at radius 1 is 1.13 bits per heavy atom. The van der Waals surface area contributed by atoms with Gasteiger partial charge in [0.05, 0.1) is 32.2 Å². The third-order valence-electron chi connectivity index (χ3n) is 4.71. The van der Waals surface area contributed by atoms with Crippen molar-refractivity contribution in [1.82, 2.24) is 5.32 Å². The summed E-state index contributed by atoms with van der Waals surface area (Å²) in [6.07, 6.45) is 1.49. The van der Waals surface area contributed by atoms with Gasteiger partial charge in [-0.25, -0.2) is 12.8 Å². The first kappa shape index (κ1) is 23.5. The molecule has 7 nitrogen and oxygen atoms in total. The number of benzene rings is 2. The average molecular weight is 439 g/mol. The van der Waals surface area contributed by atoms with Gasteiger partial charge in [-0.05, 0) is 43.2 Å². The van der Waals surface area contributed by atoms with Crippen LogP contribution >= 0.6 is 0 Å². The second-order valence-electron chi connectivity index (χ2n) is 6.77. The van der Waals surface area contributed by atoms with Gasteiger partial charge in [0.25, 0.3) is 0 Å². The van der Waals surface area contributed by atoms with Crippen LogP contribution in [-0.4, -0.2) is 40.8 Å². The maximum absolute atomic E-state index is 14.3. The number of amides is 1. The Kier molecular flexibility index (Phi) is 7.66. The summed E-state index contributed by atoms with van der Waals surface area (Å²) in [4.78, 5) is 12.9. The van der Waals surface area contributed by atoms with Gasteiger partial charge in [-0.1, -0.05) is 25.1 Å². The summed E-state index contributed by atoms with van der Waals surface area (Å²) in [5.74, 6) is -0.210. The van der Waals surface area contributed by atoms with Gasteiger partial charge in [0.2, 0.25) is 15.9 Å². The fourth-order valence-corrected chi connectivity index (χ4v) is 4.37. The molecule has 0 heterocycles. The van der Waals surface area contributed by atoms with Crippen molar-refractivity contribution in [3.63, 3.8) is 0 Å². The number of anilines is 1. The molecule has 9 heteroatoms. The van der Waals surface area contributed by atoms with E-state index >= 15 is 0 Å². The average Bonchev–Trinajstić information content (AvgIpc) is 2.71. The summed E-state index contributed by atoms with van der Waals surface area (Å²) in [5.41, 5.74) is 0.592. The molecule has 0 aromatic heterocycles. The highest BCUT2D eigenvalue weighted by atomic mass is 32.2. The second kappa shape index (κ2) is 9.80. The fourth-order valence-electron chi connectivity index (χ4n) is 3.19. The molecule has 0 unspecified atom stereocenters. The van der Waals surface area contributed by atoms with Gasteiger partial charge >= 0.3 is 0 Å². The largest absolute Gasteiger partial charge is 0.493 e. The van der Waals surface area contributed by atoms with E-state index < -0.39 is 33.8 Å². The molecule has 30 heavy (non-hydrogen) atoms. The van der Waals surface area contributed by atoms with Crippen LogP contribution in [0.1, 0.15) is 31.9 Å². The van der Waals surface area contributed by atoms with Crippen molar-refractivity contribution in [2.24, 2.45) is 0 Å². The molecule has 2 atom stereocenters. The number of carbonyl (C=O) groups excluding carboxylic acids is 1. The number of carbonyl (C=O) groups is 1. The molecule has 164 valence electrons. The van der Waals surface area contributed by atoms with Crippen LogP contribution in [0.2, 0.25) is 0 Å². The number of para-hydroxylation sites is 1. The van der Waals surface area contributed by atoms with E-state index in [0.29, 0.717) is 17.9 Å². The van der Waals surface area contributed by atoms with Crippen LogP contribution in [0.5, 0.6) is 11.5 Å². The topological polar surface area (TPSA) is 84.9 Å². The number of ether oxygens (including phenoxy) is 2. The van der Waals surface area contributed by atoms with Crippen molar-refractivity contribution in [3.05, 3.63) is 53.8 Å². The summed E-state index contributed by atoms with van der Waals surface area (Å²) in [7, 11) is -0.872. The maximum Gasteiger partial charge on any atom is 0.244 e. The Hall–Kier alpha value is -2.81. The van der Waals surface area contributed by atoms with Crippen LogP contribution in [0.4, 0.5) is 10.1 Å². The van der Waals surface area contributed by atoms with E-state index in [0.717, 1.165) is 22.2 Å². The minimum absolute atomic E-state index is 0.179. The minimum atomic E-state index is -3.92. The maximum atomic E-state index is 14.3. The van der Waals surface area contributed by atoms with Gasteiger partial charge in [-0.2, -0.15) is 0 Å². The Balaban J connectivity index is 2.32. The molecule has 0 saturated carbocycles. The molecular weight excluding hydrogens is 411 g/mol. The van der Waals surface area contributed by atoms with Gasteiger partial charge in [0.1, 0.15) is 11.9 Å². The molecule has 2 rings (SSSR count). The lowest BCUT2D eigenvalue weighted by Gasteiger charge is -2.30. The lowest BCUT2D eigenvalue weighted by atomic mass is 10.0. The highest BCUT2D eigenvalue weighted by Crippen LogP contribution is 2.31. The third kappa shape index (κ3) is 5.21. The van der Waals surface area contributed by atoms with Crippen LogP contribution in [0.3, 0.4) is 0 Å². The number of rotatable bonds is 9. The summed E-state index contributed by atoms with van der Waals surface area (Å²) in [5, 5.41) is 2.85. The van der Waals surface area contributed by atoms with Gasteiger partial charge in [0.15, 0.2) is 11.5 Å². The van der Waals surface area contributed by atoms with Crippen molar-refractivity contribution in [3.8, 4) is 11.5 Å². The van der Waals surface area contributed by atoms with Crippen LogP contribution in [0.25, 0.3) is 0 Å². The molecule has 0 bridgehead atoms. The molecule has 0 fully saturated rings. The minimum Gasteiger partial charge on any atom is -0.493 e. The van der Waals surface area contributed by atoms with Crippen molar-refractivity contribution in [1.29, 1.82) is 0 Å². The van der Waals surface area contributed by atoms with E-state index in [1.54, 1.807) is 18.2 Å². The van der Waals surface area contributed by atoms with Gasteiger partial charge in [0, 0.05) is 0 Å². The lowest BCUT2D eigenvalue weighted by Crippen LogP contribution is -2.48. The van der Waals surface area contributed by atoms with E-state index in [-0.39, 0.29) is 5.69 Å². The fraction of sp³-hybridized carbons (Fsp3) is 0.381. The Labute approximate surface area is 176 Å². The number of halogens is 1. The third-order valence-corrected chi connectivity index (χ3v) is 5.94. The summed E-state index contributed by atoms with van der Waals surface area (Å²) in [6, 6.07) is 9.16. The molecule has 0 saturated heterocycles. The van der Waals surface area contributed by atoms with Crippen LogP contribution < -0.4 is 19.1 Å². The zero-order chi connectivity index (χ0) is 22.5. The van der Waals surface area contributed by atoms with E-state index in [1.807, 2.05) is 6.92 Å². The smallest absolute Gasteiger partial charge is 0.244 e. The number of methoxy groups -OCH3 is 2. The summed E-state index contributed by atoms with van der Waals surface area (Å²) < 4.78 is 50.3. The molecule has 0 spiro atoms. The van der Waals surface area contributed by atoms with Crippen LogP contribution in [-0.2, 0) is 14.8 Å². The number of nitrogens with one attached hydrogen (secondary N) is 1. The van der Waals surface area contributed by atoms with Crippen molar-refractivity contribution < 1.29 is 27.1 Å². The standard InChI is InChI=1S/C21H27FN2O5S/c1-6-17(15-11-12-19(28-3)20(13-15)29-4)23-21(25)14(2)24(30(5,26)27)18-10-8-7-9-16(18)22/h7-14,17H,6H2,1-5H3,(H,23,25)/t14-,17+/m0/s1. The first-order chi connectivity index (χ1) is 14.1. The molecule has 1 amide bonds. The summed E-state index contributed by atoms with van der Waals surface area (Å²) in [6.45, 7) is 3.31. The lowest BCUT2D eigenvalue weighted by molar-refractivity contribution is -0.122. The first-order valence-corrected chi connectivity index (χ1v) is 11.2.